The lowest BCUT2D eigenvalue weighted by Gasteiger charge is -2.16. The third-order valence-electron chi connectivity index (χ3n) is 5.41. The minimum atomic E-state index is -0.974. The van der Waals surface area contributed by atoms with E-state index in [2.05, 4.69) is 68.5 Å². The average Bonchev–Trinajstić information content (AvgIpc) is 2.81. The van der Waals surface area contributed by atoms with Gasteiger partial charge in [-0.3, -0.25) is 0 Å². The molecule has 4 heteroatoms. The predicted octanol–water partition coefficient (Wildman–Crippen LogP) is 6.81. The van der Waals surface area contributed by atoms with Crippen LogP contribution < -0.4 is 4.74 Å². The third kappa shape index (κ3) is 6.04. The maximum absolute atomic E-state index is 10.7. The molecular formula is C28H30O3S. The number of carbonyl (C=O) groups is 1. The van der Waals surface area contributed by atoms with E-state index in [4.69, 9.17) is 9.84 Å². The van der Waals surface area contributed by atoms with Crippen LogP contribution in [0.2, 0.25) is 0 Å². The van der Waals surface area contributed by atoms with E-state index in [0.29, 0.717) is 5.75 Å². The van der Waals surface area contributed by atoms with Crippen LogP contribution in [0.1, 0.15) is 41.7 Å². The fourth-order valence-electron chi connectivity index (χ4n) is 3.78. The minimum Gasteiger partial charge on any atom is -0.482 e. The summed E-state index contributed by atoms with van der Waals surface area (Å²) in [6.45, 7) is 6.10. The lowest BCUT2D eigenvalue weighted by atomic mass is 9.89. The molecule has 0 spiro atoms. The summed E-state index contributed by atoms with van der Waals surface area (Å²) in [5, 5.41) is 8.79. The van der Waals surface area contributed by atoms with Gasteiger partial charge in [0.15, 0.2) is 6.61 Å². The minimum absolute atomic E-state index is 0.328. The normalized spacial score (nSPS) is 10.6. The Balaban J connectivity index is 1.88. The lowest BCUT2D eigenvalue weighted by molar-refractivity contribution is -0.139. The molecule has 0 saturated heterocycles. The summed E-state index contributed by atoms with van der Waals surface area (Å²) < 4.78 is 5.29. The smallest absolute Gasteiger partial charge is 0.341 e. The van der Waals surface area contributed by atoms with Crippen LogP contribution in [0.15, 0.2) is 77.7 Å². The summed E-state index contributed by atoms with van der Waals surface area (Å²) in [6, 6.07) is 23.1. The number of hydrogen-bond donors (Lipinski definition) is 1. The van der Waals surface area contributed by atoms with E-state index in [1.165, 1.54) is 27.8 Å². The number of aryl methyl sites for hydroxylation is 3. The van der Waals surface area contributed by atoms with Crippen LogP contribution in [0.3, 0.4) is 0 Å². The fraction of sp³-hybridized carbons (Fsp3) is 0.250. The van der Waals surface area contributed by atoms with Gasteiger partial charge >= 0.3 is 5.97 Å². The van der Waals surface area contributed by atoms with Gasteiger partial charge in [-0.15, -0.1) is 11.8 Å². The van der Waals surface area contributed by atoms with Gasteiger partial charge in [0.05, 0.1) is 0 Å². The van der Waals surface area contributed by atoms with Gasteiger partial charge in [0.2, 0.25) is 0 Å². The molecule has 1 N–H and O–H groups in total. The second-order valence-corrected chi connectivity index (χ2v) is 8.62. The number of rotatable bonds is 10. The highest BCUT2D eigenvalue weighted by atomic mass is 32.2. The summed E-state index contributed by atoms with van der Waals surface area (Å²) in [5.41, 5.74) is 7.66. The van der Waals surface area contributed by atoms with Gasteiger partial charge in [-0.05, 0) is 71.4 Å². The Morgan fingerprint density at radius 3 is 2.06 bits per heavy atom. The molecule has 0 fully saturated rings. The van der Waals surface area contributed by atoms with E-state index in [9.17, 15) is 4.79 Å². The largest absolute Gasteiger partial charge is 0.482 e. The first-order valence-corrected chi connectivity index (χ1v) is 12.0. The van der Waals surface area contributed by atoms with E-state index in [0.717, 1.165) is 29.1 Å². The molecule has 32 heavy (non-hydrogen) atoms. The van der Waals surface area contributed by atoms with E-state index >= 15 is 0 Å². The van der Waals surface area contributed by atoms with Gasteiger partial charge in [-0.25, -0.2) is 4.79 Å². The van der Waals surface area contributed by atoms with E-state index in [1.807, 2.05) is 25.1 Å². The molecule has 3 aromatic carbocycles. The highest BCUT2D eigenvalue weighted by molar-refractivity contribution is 7.99. The molecule has 0 atom stereocenters. The van der Waals surface area contributed by atoms with Crippen molar-refractivity contribution in [2.24, 2.45) is 0 Å². The second-order valence-electron chi connectivity index (χ2n) is 7.56. The van der Waals surface area contributed by atoms with Gasteiger partial charge in [-0.2, -0.15) is 0 Å². The van der Waals surface area contributed by atoms with Crippen molar-refractivity contribution in [1.82, 2.24) is 0 Å². The van der Waals surface area contributed by atoms with Crippen molar-refractivity contribution in [3.05, 3.63) is 101 Å². The molecule has 0 bridgehead atoms. The van der Waals surface area contributed by atoms with Crippen LogP contribution in [0.5, 0.6) is 5.75 Å². The van der Waals surface area contributed by atoms with Crippen molar-refractivity contribution < 1.29 is 14.6 Å². The van der Waals surface area contributed by atoms with Crippen molar-refractivity contribution in [1.29, 1.82) is 0 Å². The molecule has 0 amide bonds. The second kappa shape index (κ2) is 11.6. The van der Waals surface area contributed by atoms with Gasteiger partial charge in [0, 0.05) is 10.6 Å². The molecular weight excluding hydrogens is 416 g/mol. The monoisotopic (exact) mass is 446 g/mol. The molecule has 3 nitrogen and oxygen atoms in total. The molecule has 0 aliphatic carbocycles. The Labute approximate surface area is 195 Å². The first kappa shape index (κ1) is 23.7. The van der Waals surface area contributed by atoms with Crippen molar-refractivity contribution in [2.45, 2.75) is 38.5 Å². The summed E-state index contributed by atoms with van der Waals surface area (Å²) in [7, 11) is 0. The van der Waals surface area contributed by atoms with Crippen molar-refractivity contribution in [3.63, 3.8) is 0 Å². The SMILES string of the molecule is CCc1ccccc1C(=CCSc1ccc(OCC(=O)O)cc1C)c1ccccc1CC. The van der Waals surface area contributed by atoms with E-state index in [-0.39, 0.29) is 6.61 Å². The molecule has 0 unspecified atom stereocenters. The van der Waals surface area contributed by atoms with Crippen LogP contribution in [0.4, 0.5) is 0 Å². The average molecular weight is 447 g/mol. The molecule has 0 aliphatic heterocycles. The maximum Gasteiger partial charge on any atom is 0.341 e. The number of aliphatic carboxylic acids is 1. The Bertz CT molecular complexity index is 1050. The van der Waals surface area contributed by atoms with Crippen molar-refractivity contribution in [2.75, 3.05) is 12.4 Å². The zero-order chi connectivity index (χ0) is 22.9. The molecule has 0 saturated carbocycles. The quantitative estimate of drug-likeness (QED) is 0.348. The number of thioether (sulfide) groups is 1. The summed E-state index contributed by atoms with van der Waals surface area (Å²) in [6.07, 6.45) is 4.32. The zero-order valence-corrected chi connectivity index (χ0v) is 19.7. The molecule has 0 aliphatic rings. The molecule has 0 aromatic heterocycles. The third-order valence-corrected chi connectivity index (χ3v) is 6.51. The zero-order valence-electron chi connectivity index (χ0n) is 18.9. The topological polar surface area (TPSA) is 46.5 Å². The summed E-state index contributed by atoms with van der Waals surface area (Å²) in [5.74, 6) is 0.444. The highest BCUT2D eigenvalue weighted by Crippen LogP contribution is 2.32. The van der Waals surface area contributed by atoms with Crippen LogP contribution in [0.25, 0.3) is 5.57 Å². The van der Waals surface area contributed by atoms with Gasteiger partial charge in [0.25, 0.3) is 0 Å². The van der Waals surface area contributed by atoms with Crippen molar-refractivity contribution >= 4 is 23.3 Å². The van der Waals surface area contributed by atoms with Gasteiger partial charge in [-0.1, -0.05) is 68.5 Å². The Morgan fingerprint density at radius 2 is 1.53 bits per heavy atom. The Kier molecular flexibility index (Phi) is 8.57. The van der Waals surface area contributed by atoms with E-state index < -0.39 is 5.97 Å². The first-order chi connectivity index (χ1) is 15.5. The van der Waals surface area contributed by atoms with Crippen molar-refractivity contribution in [3.8, 4) is 5.75 Å². The predicted molar refractivity (Wildman–Crippen MR) is 134 cm³/mol. The van der Waals surface area contributed by atoms with Gasteiger partial charge < -0.3 is 9.84 Å². The van der Waals surface area contributed by atoms with Crippen LogP contribution in [0, 0.1) is 6.92 Å². The molecule has 0 heterocycles. The van der Waals surface area contributed by atoms with Crippen LogP contribution in [-0.4, -0.2) is 23.4 Å². The fourth-order valence-corrected chi connectivity index (χ4v) is 4.66. The van der Waals surface area contributed by atoms with E-state index in [1.54, 1.807) is 11.8 Å². The lowest BCUT2D eigenvalue weighted by Crippen LogP contribution is -2.09. The number of hydrogen-bond acceptors (Lipinski definition) is 3. The Morgan fingerprint density at radius 1 is 0.938 bits per heavy atom. The van der Waals surface area contributed by atoms with Gasteiger partial charge in [0.1, 0.15) is 5.75 Å². The summed E-state index contributed by atoms with van der Waals surface area (Å²) in [4.78, 5) is 11.9. The summed E-state index contributed by atoms with van der Waals surface area (Å²) >= 11 is 1.78. The number of carboxylic acid groups (broad SMARTS) is 1. The molecule has 3 aromatic rings. The van der Waals surface area contributed by atoms with Crippen LogP contribution in [-0.2, 0) is 17.6 Å². The first-order valence-electron chi connectivity index (χ1n) is 11.0. The maximum atomic E-state index is 10.7. The highest BCUT2D eigenvalue weighted by Gasteiger charge is 2.12. The molecule has 0 radical (unpaired) electrons. The number of ether oxygens (including phenoxy) is 1. The van der Waals surface area contributed by atoms with Crippen LogP contribution >= 0.6 is 11.8 Å². The number of benzene rings is 3. The molecule has 166 valence electrons. The number of carboxylic acids is 1. The molecule has 3 rings (SSSR count). The standard InChI is InChI=1S/C28H30O3S/c1-4-21-10-6-8-12-24(21)26(25-13-9-7-11-22(25)5-2)16-17-32-27-15-14-23(18-20(27)3)31-19-28(29)30/h6-16,18H,4-5,17,19H2,1-3H3,(H,29,30). The Hall–Kier alpha value is -2.98.